The molecule has 1 aliphatic rings. The first kappa shape index (κ1) is 7.44. The van der Waals surface area contributed by atoms with Crippen molar-refractivity contribution in [2.24, 2.45) is 0 Å². The maximum absolute atomic E-state index is 10.9. The van der Waals surface area contributed by atoms with Gasteiger partial charge < -0.3 is 10.1 Å². The van der Waals surface area contributed by atoms with Gasteiger partial charge in [-0.2, -0.15) is 0 Å². The predicted octanol–water partition coefficient (Wildman–Crippen LogP) is -1.30. The molecule has 0 aromatic rings. The van der Waals surface area contributed by atoms with E-state index in [1.165, 1.54) is 6.08 Å². The van der Waals surface area contributed by atoms with Gasteiger partial charge in [0.1, 0.15) is 6.54 Å². The van der Waals surface area contributed by atoms with E-state index < -0.39 is 0 Å². The van der Waals surface area contributed by atoms with Crippen LogP contribution in [0.1, 0.15) is 0 Å². The van der Waals surface area contributed by atoms with Gasteiger partial charge in [-0.25, -0.2) is 0 Å². The minimum Gasteiger partial charge on any atom is -0.358 e. The second-order valence-corrected chi connectivity index (χ2v) is 2.28. The van der Waals surface area contributed by atoms with Crippen LogP contribution >= 0.6 is 0 Å². The first-order valence-corrected chi connectivity index (χ1v) is 3.44. The lowest BCUT2D eigenvalue weighted by molar-refractivity contribution is -0.674. The third-order valence-electron chi connectivity index (χ3n) is 1.54. The molecule has 1 saturated heterocycles. The predicted molar refractivity (Wildman–Crippen MR) is 36.6 cm³/mol. The van der Waals surface area contributed by atoms with Gasteiger partial charge in [-0.15, -0.1) is 0 Å². The van der Waals surface area contributed by atoms with Crippen LogP contribution in [-0.4, -0.2) is 31.6 Å². The molecule has 1 atom stereocenters. The fourth-order valence-corrected chi connectivity index (χ4v) is 0.961. The number of morpholine rings is 1. The number of ketones is 1. The molecule has 1 fully saturated rings. The molecule has 10 heavy (non-hydrogen) atoms. The lowest BCUT2D eigenvalue weighted by Gasteiger charge is -2.17. The Balaban J connectivity index is 2.38. The third-order valence-corrected chi connectivity index (χ3v) is 1.54. The fourth-order valence-electron chi connectivity index (χ4n) is 0.961. The number of nitrogens with two attached hydrogens (primary N) is 1. The fraction of sp³-hybridized carbons (Fsp3) is 0.571. The summed E-state index contributed by atoms with van der Waals surface area (Å²) in [5.74, 6) is -0.00375. The first-order chi connectivity index (χ1) is 4.84. The summed E-state index contributed by atoms with van der Waals surface area (Å²) in [4.78, 5) is 10.9. The normalized spacial score (nSPS) is 25.8. The Hall–Kier alpha value is -0.670. The zero-order chi connectivity index (χ0) is 7.40. The molecular formula is C7H12NO2+. The van der Waals surface area contributed by atoms with Crippen molar-refractivity contribution in [1.82, 2.24) is 0 Å². The van der Waals surface area contributed by atoms with Crippen molar-refractivity contribution in [3.63, 3.8) is 0 Å². The average Bonchev–Trinajstić information content (AvgIpc) is 2.05. The number of rotatable bonds is 2. The van der Waals surface area contributed by atoms with Crippen molar-refractivity contribution < 1.29 is 14.8 Å². The zero-order valence-electron chi connectivity index (χ0n) is 5.88. The standard InChI is InChI=1S/C7H11NO2/c1-2-6(9)7-5-8-3-4-10-7/h2,7-8H,1,3-5H2/p+1/t7-/m1/s1. The highest BCUT2D eigenvalue weighted by Gasteiger charge is 2.21. The molecule has 0 aromatic heterocycles. The summed E-state index contributed by atoms with van der Waals surface area (Å²) in [5.41, 5.74) is 0. The molecule has 3 nitrogen and oxygen atoms in total. The van der Waals surface area contributed by atoms with E-state index in [2.05, 4.69) is 11.9 Å². The van der Waals surface area contributed by atoms with Crippen LogP contribution in [-0.2, 0) is 9.53 Å². The third kappa shape index (κ3) is 1.65. The number of carbonyl (C=O) groups excluding carboxylic acids is 1. The van der Waals surface area contributed by atoms with E-state index in [1.54, 1.807) is 0 Å². The highest BCUT2D eigenvalue weighted by atomic mass is 16.5. The molecule has 56 valence electrons. The number of hydrogen-bond donors (Lipinski definition) is 1. The van der Waals surface area contributed by atoms with Crippen LogP contribution in [0.4, 0.5) is 0 Å². The van der Waals surface area contributed by atoms with Gasteiger partial charge in [0, 0.05) is 0 Å². The highest BCUT2D eigenvalue weighted by Crippen LogP contribution is 1.93. The highest BCUT2D eigenvalue weighted by molar-refractivity contribution is 5.93. The van der Waals surface area contributed by atoms with Gasteiger partial charge in [-0.3, -0.25) is 4.79 Å². The number of carbonyl (C=O) groups is 1. The van der Waals surface area contributed by atoms with Gasteiger partial charge in [0.2, 0.25) is 0 Å². The van der Waals surface area contributed by atoms with E-state index in [0.717, 1.165) is 13.1 Å². The van der Waals surface area contributed by atoms with E-state index in [4.69, 9.17) is 4.74 Å². The molecule has 0 amide bonds. The van der Waals surface area contributed by atoms with Crippen LogP contribution in [0.3, 0.4) is 0 Å². The smallest absolute Gasteiger partial charge is 0.189 e. The van der Waals surface area contributed by atoms with E-state index in [0.29, 0.717) is 6.61 Å². The largest absolute Gasteiger partial charge is 0.358 e. The summed E-state index contributed by atoms with van der Waals surface area (Å²) >= 11 is 0. The number of ether oxygens (including phenoxy) is 1. The van der Waals surface area contributed by atoms with E-state index in [9.17, 15) is 4.79 Å². The van der Waals surface area contributed by atoms with Gasteiger partial charge in [0.05, 0.1) is 13.2 Å². The molecule has 0 spiro atoms. The lowest BCUT2D eigenvalue weighted by Crippen LogP contribution is -2.90. The molecule has 3 heteroatoms. The summed E-state index contributed by atoms with van der Waals surface area (Å²) in [5, 5.41) is 2.08. The molecule has 1 heterocycles. The molecule has 1 rings (SSSR count). The number of quaternary nitrogens is 1. The van der Waals surface area contributed by atoms with Gasteiger partial charge in [0.25, 0.3) is 0 Å². The van der Waals surface area contributed by atoms with Gasteiger partial charge in [-0.1, -0.05) is 6.58 Å². The molecule has 0 bridgehead atoms. The average molecular weight is 142 g/mol. The summed E-state index contributed by atoms with van der Waals surface area (Å²) in [6.07, 6.45) is 1.08. The lowest BCUT2D eigenvalue weighted by atomic mass is 10.2. The van der Waals surface area contributed by atoms with Gasteiger partial charge >= 0.3 is 0 Å². The van der Waals surface area contributed by atoms with Gasteiger partial charge in [-0.05, 0) is 6.08 Å². The van der Waals surface area contributed by atoms with E-state index in [1.807, 2.05) is 0 Å². The second-order valence-electron chi connectivity index (χ2n) is 2.28. The second kappa shape index (κ2) is 3.49. The Kier molecular flexibility index (Phi) is 2.59. The summed E-state index contributed by atoms with van der Waals surface area (Å²) in [7, 11) is 0. The van der Waals surface area contributed by atoms with Crippen LogP contribution in [0, 0.1) is 0 Å². The Morgan fingerprint density at radius 2 is 2.60 bits per heavy atom. The first-order valence-electron chi connectivity index (χ1n) is 3.44. The van der Waals surface area contributed by atoms with Crippen LogP contribution in [0.2, 0.25) is 0 Å². The SMILES string of the molecule is C=CC(=O)[C@H]1C[NH2+]CCO1. The van der Waals surface area contributed by atoms with Crippen LogP contribution in [0.5, 0.6) is 0 Å². The maximum Gasteiger partial charge on any atom is 0.189 e. The van der Waals surface area contributed by atoms with Crippen LogP contribution < -0.4 is 5.32 Å². The molecule has 0 saturated carbocycles. The topological polar surface area (TPSA) is 42.9 Å². The maximum atomic E-state index is 10.9. The monoisotopic (exact) mass is 142 g/mol. The zero-order valence-corrected chi connectivity index (χ0v) is 5.88. The Bertz CT molecular complexity index is 139. The molecule has 0 unspecified atom stereocenters. The van der Waals surface area contributed by atoms with Crippen molar-refractivity contribution in [3.8, 4) is 0 Å². The quantitative estimate of drug-likeness (QED) is 0.487. The van der Waals surface area contributed by atoms with Crippen molar-refractivity contribution >= 4 is 5.78 Å². The Morgan fingerprint density at radius 1 is 1.80 bits per heavy atom. The van der Waals surface area contributed by atoms with Crippen molar-refractivity contribution in [1.29, 1.82) is 0 Å². The van der Waals surface area contributed by atoms with Crippen LogP contribution in [0.15, 0.2) is 12.7 Å². The Morgan fingerprint density at radius 3 is 3.10 bits per heavy atom. The van der Waals surface area contributed by atoms with Crippen molar-refractivity contribution in [3.05, 3.63) is 12.7 Å². The minimum atomic E-state index is -0.244. The summed E-state index contributed by atoms with van der Waals surface area (Å²) in [6, 6.07) is 0. The molecule has 2 N–H and O–H groups in total. The minimum absolute atomic E-state index is 0.00375. The van der Waals surface area contributed by atoms with E-state index >= 15 is 0 Å². The van der Waals surface area contributed by atoms with E-state index in [-0.39, 0.29) is 11.9 Å². The molecule has 1 aliphatic heterocycles. The summed E-state index contributed by atoms with van der Waals surface area (Å²) < 4.78 is 5.18. The van der Waals surface area contributed by atoms with Gasteiger partial charge in [0.15, 0.2) is 11.9 Å². The molecule has 0 aromatic carbocycles. The summed E-state index contributed by atoms with van der Waals surface area (Å²) in [6.45, 7) is 5.76. The molecular weight excluding hydrogens is 130 g/mol. The Labute approximate surface area is 60.1 Å². The molecule has 0 aliphatic carbocycles. The van der Waals surface area contributed by atoms with Crippen molar-refractivity contribution in [2.75, 3.05) is 19.7 Å². The molecule has 0 radical (unpaired) electrons. The van der Waals surface area contributed by atoms with Crippen molar-refractivity contribution in [2.45, 2.75) is 6.10 Å². The van der Waals surface area contributed by atoms with Crippen LogP contribution in [0.25, 0.3) is 0 Å². The number of hydrogen-bond acceptors (Lipinski definition) is 2.